The predicted octanol–water partition coefficient (Wildman–Crippen LogP) is 7.93. The minimum atomic E-state index is -0.446. The molecule has 1 fully saturated rings. The van der Waals surface area contributed by atoms with Crippen molar-refractivity contribution < 1.29 is 14.0 Å². The third kappa shape index (κ3) is 4.69. The third-order valence-electron chi connectivity index (χ3n) is 6.18. The van der Waals surface area contributed by atoms with Crippen LogP contribution in [0.25, 0.3) is 17.0 Å². The van der Waals surface area contributed by atoms with E-state index in [4.69, 9.17) is 23.2 Å². The lowest BCUT2D eigenvalue weighted by molar-refractivity contribution is -0.123. The normalized spacial score (nSPS) is 15.0. The zero-order valence-corrected chi connectivity index (χ0v) is 21.6. The molecular weight excluding hydrogens is 518 g/mol. The van der Waals surface area contributed by atoms with Gasteiger partial charge in [0.15, 0.2) is 0 Å². The van der Waals surface area contributed by atoms with Crippen molar-refractivity contribution in [1.29, 1.82) is 0 Å². The number of para-hydroxylation sites is 1. The van der Waals surface area contributed by atoms with Gasteiger partial charge in [-0.3, -0.25) is 14.5 Å². The maximum atomic E-state index is 14.1. The largest absolute Gasteiger partial charge is 0.342 e. The van der Waals surface area contributed by atoms with Gasteiger partial charge >= 0.3 is 0 Å². The average molecular weight is 539 g/mol. The predicted molar refractivity (Wildman–Crippen MR) is 145 cm³/mol. The Balaban J connectivity index is 1.52. The average Bonchev–Trinajstić information content (AvgIpc) is 3.34. The molecule has 1 aromatic heterocycles. The van der Waals surface area contributed by atoms with Gasteiger partial charge in [-0.05, 0) is 53.6 Å². The van der Waals surface area contributed by atoms with Gasteiger partial charge in [0.25, 0.3) is 11.1 Å². The Morgan fingerprint density at radius 3 is 2.47 bits per heavy atom. The molecule has 3 aromatic carbocycles. The molecule has 4 aromatic rings. The van der Waals surface area contributed by atoms with Crippen molar-refractivity contribution in [2.24, 2.45) is 0 Å². The van der Waals surface area contributed by atoms with E-state index in [2.05, 4.69) is 17.6 Å². The Morgan fingerprint density at radius 1 is 0.944 bits per heavy atom. The van der Waals surface area contributed by atoms with Crippen LogP contribution in [0.3, 0.4) is 0 Å². The van der Waals surface area contributed by atoms with E-state index in [1.54, 1.807) is 30.3 Å². The number of halogens is 3. The van der Waals surface area contributed by atoms with E-state index in [1.807, 2.05) is 30.5 Å². The number of rotatable bonds is 6. The van der Waals surface area contributed by atoms with E-state index >= 15 is 0 Å². The van der Waals surface area contributed by atoms with Crippen LogP contribution in [-0.4, -0.2) is 20.6 Å². The van der Waals surface area contributed by atoms with Crippen molar-refractivity contribution in [1.82, 2.24) is 9.47 Å². The second-order valence-electron chi connectivity index (χ2n) is 8.49. The first kappa shape index (κ1) is 24.6. The Hall–Kier alpha value is -3.06. The number of amides is 2. The van der Waals surface area contributed by atoms with E-state index in [1.165, 1.54) is 11.6 Å². The van der Waals surface area contributed by atoms with Gasteiger partial charge < -0.3 is 4.57 Å². The monoisotopic (exact) mass is 538 g/mol. The van der Waals surface area contributed by atoms with Crippen molar-refractivity contribution >= 4 is 63.1 Å². The summed E-state index contributed by atoms with van der Waals surface area (Å²) < 4.78 is 16.3. The number of hydrogen-bond donors (Lipinski definition) is 0. The first-order chi connectivity index (χ1) is 17.4. The highest BCUT2D eigenvalue weighted by Gasteiger charge is 2.35. The van der Waals surface area contributed by atoms with Crippen LogP contribution < -0.4 is 0 Å². The van der Waals surface area contributed by atoms with E-state index in [0.717, 1.165) is 45.1 Å². The van der Waals surface area contributed by atoms with Crippen LogP contribution in [0.4, 0.5) is 9.18 Å². The Kier molecular flexibility index (Phi) is 6.93. The molecule has 36 heavy (non-hydrogen) atoms. The number of benzene rings is 3. The summed E-state index contributed by atoms with van der Waals surface area (Å²) in [5.41, 5.74) is 4.34. The zero-order chi connectivity index (χ0) is 25.4. The summed E-state index contributed by atoms with van der Waals surface area (Å²) in [6.07, 6.45) is 4.57. The molecule has 0 aliphatic carbocycles. The lowest BCUT2D eigenvalue weighted by atomic mass is 10.1. The molecule has 182 valence electrons. The summed E-state index contributed by atoms with van der Waals surface area (Å²) in [4.78, 5) is 27.2. The van der Waals surface area contributed by atoms with Crippen LogP contribution in [-0.2, 0) is 24.3 Å². The molecule has 5 rings (SSSR count). The summed E-state index contributed by atoms with van der Waals surface area (Å²) in [5.74, 6) is -0.872. The van der Waals surface area contributed by atoms with Gasteiger partial charge in [0.05, 0.1) is 27.0 Å². The van der Waals surface area contributed by atoms with Crippen molar-refractivity contribution in [3.8, 4) is 0 Å². The maximum Gasteiger partial charge on any atom is 0.293 e. The molecular formula is C28H21Cl2FN2O2S. The minimum absolute atomic E-state index is 0.103. The molecule has 0 spiro atoms. The number of nitrogens with zero attached hydrogens (tertiary/aromatic N) is 2. The number of imide groups is 1. The highest BCUT2D eigenvalue weighted by atomic mass is 35.5. The topological polar surface area (TPSA) is 42.3 Å². The Morgan fingerprint density at radius 2 is 1.72 bits per heavy atom. The molecule has 0 saturated carbocycles. The third-order valence-corrected chi connectivity index (χ3v) is 7.82. The molecule has 2 amide bonds. The first-order valence-electron chi connectivity index (χ1n) is 11.4. The molecule has 1 aliphatic heterocycles. The van der Waals surface area contributed by atoms with Gasteiger partial charge in [-0.25, -0.2) is 4.39 Å². The lowest BCUT2D eigenvalue weighted by Gasteiger charge is -2.12. The van der Waals surface area contributed by atoms with Crippen LogP contribution in [0.1, 0.15) is 29.2 Å². The molecule has 0 N–H and O–H groups in total. The fourth-order valence-electron chi connectivity index (χ4n) is 4.40. The second-order valence-corrected chi connectivity index (χ2v) is 10.3. The van der Waals surface area contributed by atoms with Crippen LogP contribution in [0.15, 0.2) is 71.8 Å². The van der Waals surface area contributed by atoms with Crippen molar-refractivity contribution in [2.75, 3.05) is 0 Å². The molecule has 0 bridgehead atoms. The maximum absolute atomic E-state index is 14.1. The van der Waals surface area contributed by atoms with Crippen LogP contribution in [0.5, 0.6) is 0 Å². The number of thioether (sulfide) groups is 1. The SMILES string of the molecule is CCc1cccc2c(/C=C3\SC(=O)N(Cc4ccccc4F)C3=O)cn(Cc3ccc(Cl)c(Cl)c3)c12. The van der Waals surface area contributed by atoms with Gasteiger partial charge in [0, 0.05) is 29.3 Å². The quantitative estimate of drug-likeness (QED) is 0.234. The van der Waals surface area contributed by atoms with Gasteiger partial charge in [0.1, 0.15) is 5.82 Å². The van der Waals surface area contributed by atoms with E-state index in [0.29, 0.717) is 27.1 Å². The Bertz CT molecular complexity index is 1550. The summed E-state index contributed by atoms with van der Waals surface area (Å²) in [6.45, 7) is 2.56. The van der Waals surface area contributed by atoms with E-state index < -0.39 is 17.0 Å². The number of aromatic nitrogens is 1. The van der Waals surface area contributed by atoms with E-state index in [9.17, 15) is 14.0 Å². The van der Waals surface area contributed by atoms with Gasteiger partial charge in [-0.2, -0.15) is 0 Å². The summed E-state index contributed by atoms with van der Waals surface area (Å²) in [7, 11) is 0. The molecule has 1 aliphatic rings. The molecule has 4 nitrogen and oxygen atoms in total. The molecule has 8 heteroatoms. The molecule has 0 atom stereocenters. The van der Waals surface area contributed by atoms with Gasteiger partial charge in [-0.15, -0.1) is 0 Å². The number of carbonyl (C=O) groups is 2. The fraction of sp³-hybridized carbons (Fsp3) is 0.143. The van der Waals surface area contributed by atoms with Gasteiger partial charge in [-0.1, -0.05) is 72.6 Å². The number of aryl methyl sites for hydroxylation is 1. The first-order valence-corrected chi connectivity index (χ1v) is 13.0. The highest BCUT2D eigenvalue weighted by Crippen LogP contribution is 2.36. The van der Waals surface area contributed by atoms with Crippen molar-refractivity contribution in [3.05, 3.63) is 110 Å². The van der Waals surface area contributed by atoms with Crippen molar-refractivity contribution in [2.45, 2.75) is 26.4 Å². The second kappa shape index (κ2) is 10.1. The summed E-state index contributed by atoms with van der Waals surface area (Å²) >= 11 is 13.2. The van der Waals surface area contributed by atoms with Crippen LogP contribution in [0, 0.1) is 5.82 Å². The Labute approximate surface area is 222 Å². The number of fused-ring (bicyclic) bond motifs is 1. The summed E-state index contributed by atoms with van der Waals surface area (Å²) in [5, 5.41) is 1.56. The molecule has 0 radical (unpaired) electrons. The van der Waals surface area contributed by atoms with E-state index in [-0.39, 0.29) is 6.54 Å². The fourth-order valence-corrected chi connectivity index (χ4v) is 5.55. The highest BCUT2D eigenvalue weighted by molar-refractivity contribution is 8.18. The van der Waals surface area contributed by atoms with Crippen molar-refractivity contribution in [3.63, 3.8) is 0 Å². The molecule has 0 unspecified atom stereocenters. The van der Waals surface area contributed by atoms with Crippen LogP contribution >= 0.6 is 35.0 Å². The van der Waals surface area contributed by atoms with Crippen LogP contribution in [0.2, 0.25) is 10.0 Å². The lowest BCUT2D eigenvalue weighted by Crippen LogP contribution is -2.27. The molecule has 2 heterocycles. The smallest absolute Gasteiger partial charge is 0.293 e. The zero-order valence-electron chi connectivity index (χ0n) is 19.3. The number of hydrogen-bond acceptors (Lipinski definition) is 3. The standard InChI is InChI=1S/C28H21Cl2FN2O2S/c1-2-18-7-5-8-21-20(15-32(26(18)21)14-17-10-11-22(29)23(30)12-17)13-25-27(34)33(28(35)36-25)16-19-6-3-4-9-24(19)31/h3-13,15H,2,14,16H2,1H3/b25-13-. The summed E-state index contributed by atoms with van der Waals surface area (Å²) in [6, 6.07) is 17.8. The minimum Gasteiger partial charge on any atom is -0.342 e. The molecule has 1 saturated heterocycles. The van der Waals surface area contributed by atoms with Gasteiger partial charge in [0.2, 0.25) is 0 Å². The number of carbonyl (C=O) groups excluding carboxylic acids is 2.